The summed E-state index contributed by atoms with van der Waals surface area (Å²) in [6.07, 6.45) is -0.160. The van der Waals surface area contributed by atoms with E-state index in [1.54, 1.807) is 19.2 Å². The predicted octanol–water partition coefficient (Wildman–Crippen LogP) is 3.93. The van der Waals surface area contributed by atoms with Gasteiger partial charge < -0.3 is 9.84 Å². The first kappa shape index (κ1) is 13.9. The number of aliphatic hydroxyl groups is 1. The molecule has 0 amide bonds. The van der Waals surface area contributed by atoms with E-state index in [9.17, 15) is 5.11 Å². The molecule has 0 saturated carbocycles. The molecule has 0 saturated heterocycles. The zero-order valence-corrected chi connectivity index (χ0v) is 11.8. The van der Waals surface area contributed by atoms with Crippen LogP contribution in [0.5, 0.6) is 5.75 Å². The number of ether oxygens (including phenoxy) is 1. The van der Waals surface area contributed by atoms with Crippen LogP contribution in [-0.4, -0.2) is 12.2 Å². The summed E-state index contributed by atoms with van der Waals surface area (Å²) in [5.74, 6) is 0.618. The van der Waals surface area contributed by atoms with Crippen LogP contribution >= 0.6 is 11.6 Å². The summed E-state index contributed by atoms with van der Waals surface area (Å²) < 4.78 is 5.26. The molecule has 2 nitrogen and oxygen atoms in total. The SMILES string of the molecule is COc1cccc(Cl)c1C(O)Cc1ccc(C)cc1. The Morgan fingerprint density at radius 3 is 2.47 bits per heavy atom. The molecule has 19 heavy (non-hydrogen) atoms. The zero-order valence-electron chi connectivity index (χ0n) is 11.1. The van der Waals surface area contributed by atoms with Gasteiger partial charge in [0, 0.05) is 12.0 Å². The van der Waals surface area contributed by atoms with Crippen molar-refractivity contribution in [2.45, 2.75) is 19.4 Å². The van der Waals surface area contributed by atoms with Gasteiger partial charge in [0.1, 0.15) is 5.75 Å². The van der Waals surface area contributed by atoms with Gasteiger partial charge in [-0.05, 0) is 24.6 Å². The standard InChI is InChI=1S/C16H17ClO2/c1-11-6-8-12(9-7-11)10-14(18)16-13(17)4-3-5-15(16)19-2/h3-9,14,18H,10H2,1-2H3. The molecule has 2 aromatic rings. The largest absolute Gasteiger partial charge is 0.496 e. The molecule has 2 aromatic carbocycles. The van der Waals surface area contributed by atoms with Crippen LogP contribution in [0.1, 0.15) is 22.8 Å². The quantitative estimate of drug-likeness (QED) is 0.917. The van der Waals surface area contributed by atoms with Crippen molar-refractivity contribution in [2.75, 3.05) is 7.11 Å². The molecule has 0 aliphatic heterocycles. The molecule has 0 fully saturated rings. The minimum atomic E-state index is -0.675. The van der Waals surface area contributed by atoms with E-state index in [0.717, 1.165) is 5.56 Å². The van der Waals surface area contributed by atoms with Crippen molar-refractivity contribution in [3.63, 3.8) is 0 Å². The van der Waals surface area contributed by atoms with Crippen LogP contribution < -0.4 is 4.74 Å². The van der Waals surface area contributed by atoms with Gasteiger partial charge >= 0.3 is 0 Å². The molecule has 0 aliphatic rings. The Morgan fingerprint density at radius 2 is 1.84 bits per heavy atom. The summed E-state index contributed by atoms with van der Waals surface area (Å²) in [6, 6.07) is 13.5. The average molecular weight is 277 g/mol. The highest BCUT2D eigenvalue weighted by Crippen LogP contribution is 2.33. The van der Waals surface area contributed by atoms with Gasteiger partial charge in [-0.15, -0.1) is 0 Å². The Hall–Kier alpha value is -1.51. The maximum absolute atomic E-state index is 10.4. The molecule has 0 heterocycles. The molecule has 100 valence electrons. The van der Waals surface area contributed by atoms with Crippen molar-refractivity contribution in [1.82, 2.24) is 0 Å². The molecule has 1 N–H and O–H groups in total. The Bertz CT molecular complexity index is 549. The number of hydrogen-bond donors (Lipinski definition) is 1. The van der Waals surface area contributed by atoms with E-state index < -0.39 is 6.10 Å². The lowest BCUT2D eigenvalue weighted by Crippen LogP contribution is -2.05. The first-order valence-electron chi connectivity index (χ1n) is 6.18. The fourth-order valence-corrected chi connectivity index (χ4v) is 2.36. The molecular formula is C16H17ClO2. The van der Waals surface area contributed by atoms with Gasteiger partial charge in [0.2, 0.25) is 0 Å². The molecule has 0 aromatic heterocycles. The van der Waals surface area contributed by atoms with Gasteiger partial charge in [-0.3, -0.25) is 0 Å². The Labute approximate surface area is 118 Å². The number of rotatable bonds is 4. The lowest BCUT2D eigenvalue weighted by Gasteiger charge is -2.16. The second kappa shape index (κ2) is 6.09. The second-order valence-electron chi connectivity index (χ2n) is 4.56. The van der Waals surface area contributed by atoms with Crippen molar-refractivity contribution in [1.29, 1.82) is 0 Å². The van der Waals surface area contributed by atoms with Crippen molar-refractivity contribution < 1.29 is 9.84 Å². The van der Waals surface area contributed by atoms with E-state index in [-0.39, 0.29) is 0 Å². The first-order chi connectivity index (χ1) is 9.11. The highest BCUT2D eigenvalue weighted by atomic mass is 35.5. The van der Waals surface area contributed by atoms with Crippen molar-refractivity contribution in [2.24, 2.45) is 0 Å². The third-order valence-corrected chi connectivity index (χ3v) is 3.45. The number of aliphatic hydroxyl groups excluding tert-OH is 1. The smallest absolute Gasteiger partial charge is 0.126 e. The topological polar surface area (TPSA) is 29.5 Å². The Morgan fingerprint density at radius 1 is 1.16 bits per heavy atom. The molecule has 0 aliphatic carbocycles. The van der Waals surface area contributed by atoms with Gasteiger partial charge in [-0.25, -0.2) is 0 Å². The van der Waals surface area contributed by atoms with E-state index in [0.29, 0.717) is 22.8 Å². The minimum absolute atomic E-state index is 0.514. The predicted molar refractivity (Wildman–Crippen MR) is 77.8 cm³/mol. The number of halogens is 1. The summed E-state index contributed by atoms with van der Waals surface area (Å²) >= 11 is 6.15. The highest BCUT2D eigenvalue weighted by molar-refractivity contribution is 6.31. The molecule has 1 atom stereocenters. The van der Waals surface area contributed by atoms with Gasteiger partial charge in [0.15, 0.2) is 0 Å². The molecular weight excluding hydrogens is 260 g/mol. The summed E-state index contributed by atoms with van der Waals surface area (Å²) in [4.78, 5) is 0. The van der Waals surface area contributed by atoms with Crippen molar-refractivity contribution in [3.05, 3.63) is 64.2 Å². The van der Waals surface area contributed by atoms with Crippen molar-refractivity contribution >= 4 is 11.6 Å². The zero-order chi connectivity index (χ0) is 13.8. The van der Waals surface area contributed by atoms with Crippen LogP contribution in [0.25, 0.3) is 0 Å². The monoisotopic (exact) mass is 276 g/mol. The van der Waals surface area contributed by atoms with Crippen molar-refractivity contribution in [3.8, 4) is 5.75 Å². The van der Waals surface area contributed by atoms with E-state index in [1.807, 2.05) is 37.3 Å². The number of aryl methyl sites for hydroxylation is 1. The minimum Gasteiger partial charge on any atom is -0.496 e. The van der Waals surface area contributed by atoms with E-state index in [4.69, 9.17) is 16.3 Å². The third-order valence-electron chi connectivity index (χ3n) is 3.12. The maximum Gasteiger partial charge on any atom is 0.126 e. The molecule has 3 heteroatoms. The number of hydrogen-bond acceptors (Lipinski definition) is 2. The summed E-state index contributed by atoms with van der Waals surface area (Å²) in [7, 11) is 1.58. The molecule has 2 rings (SSSR count). The molecule has 0 bridgehead atoms. The van der Waals surface area contributed by atoms with E-state index in [2.05, 4.69) is 0 Å². The Kier molecular flexibility index (Phi) is 4.46. The normalized spacial score (nSPS) is 12.2. The van der Waals surface area contributed by atoms with Crippen LogP contribution in [0.15, 0.2) is 42.5 Å². The summed E-state index contributed by atoms with van der Waals surface area (Å²) in [5.41, 5.74) is 2.92. The van der Waals surface area contributed by atoms with Gasteiger partial charge in [-0.2, -0.15) is 0 Å². The number of benzene rings is 2. The fraction of sp³-hybridized carbons (Fsp3) is 0.250. The van der Waals surface area contributed by atoms with Crippen LogP contribution in [0, 0.1) is 6.92 Å². The third kappa shape index (κ3) is 3.28. The lowest BCUT2D eigenvalue weighted by atomic mass is 10.00. The Balaban J connectivity index is 2.24. The van der Waals surface area contributed by atoms with Crippen LogP contribution in [-0.2, 0) is 6.42 Å². The van der Waals surface area contributed by atoms with Crippen LogP contribution in [0.2, 0.25) is 5.02 Å². The van der Waals surface area contributed by atoms with Gasteiger partial charge in [0.05, 0.1) is 18.2 Å². The first-order valence-corrected chi connectivity index (χ1v) is 6.55. The van der Waals surface area contributed by atoms with Gasteiger partial charge in [-0.1, -0.05) is 47.5 Å². The average Bonchev–Trinajstić information content (AvgIpc) is 2.40. The lowest BCUT2D eigenvalue weighted by molar-refractivity contribution is 0.174. The van der Waals surface area contributed by atoms with Crippen LogP contribution in [0.3, 0.4) is 0 Å². The second-order valence-corrected chi connectivity index (χ2v) is 4.97. The summed E-state index contributed by atoms with van der Waals surface area (Å²) in [5, 5.41) is 10.9. The molecule has 1 unspecified atom stereocenters. The van der Waals surface area contributed by atoms with Crippen LogP contribution in [0.4, 0.5) is 0 Å². The van der Waals surface area contributed by atoms with Gasteiger partial charge in [0.25, 0.3) is 0 Å². The molecule has 0 radical (unpaired) electrons. The number of methoxy groups -OCH3 is 1. The summed E-state index contributed by atoms with van der Waals surface area (Å²) in [6.45, 7) is 2.04. The fourth-order valence-electron chi connectivity index (χ4n) is 2.07. The van der Waals surface area contributed by atoms with E-state index >= 15 is 0 Å². The molecule has 0 spiro atoms. The maximum atomic E-state index is 10.4. The van der Waals surface area contributed by atoms with E-state index in [1.165, 1.54) is 5.56 Å². The highest BCUT2D eigenvalue weighted by Gasteiger charge is 2.17.